The average Bonchev–Trinajstić information content (AvgIpc) is 3.00. The van der Waals surface area contributed by atoms with Crippen molar-refractivity contribution in [2.45, 2.75) is 26.3 Å². The summed E-state index contributed by atoms with van der Waals surface area (Å²) in [6.07, 6.45) is 2.60. The number of nitrogens with zero attached hydrogens (tertiary/aromatic N) is 2. The highest BCUT2D eigenvalue weighted by Crippen LogP contribution is 2.25. The topological polar surface area (TPSA) is 65.4 Å². The van der Waals surface area contributed by atoms with Gasteiger partial charge < -0.3 is 14.8 Å². The maximum atomic E-state index is 12.0. The van der Waals surface area contributed by atoms with Gasteiger partial charge in [-0.25, -0.2) is 4.68 Å². The summed E-state index contributed by atoms with van der Waals surface area (Å²) in [7, 11) is 1.56. The third-order valence-corrected chi connectivity index (χ3v) is 3.37. The van der Waals surface area contributed by atoms with E-state index in [4.69, 9.17) is 9.47 Å². The molecule has 0 aliphatic heterocycles. The minimum absolute atomic E-state index is 0.0912. The first-order chi connectivity index (χ1) is 10.7. The molecule has 1 atom stereocenters. The van der Waals surface area contributed by atoms with Crippen molar-refractivity contribution < 1.29 is 14.3 Å². The summed E-state index contributed by atoms with van der Waals surface area (Å²) in [5.74, 6) is 1.56. The van der Waals surface area contributed by atoms with Crippen LogP contribution in [0.5, 0.6) is 11.5 Å². The quantitative estimate of drug-likeness (QED) is 0.854. The Bertz CT molecular complexity index is 625. The first-order valence-corrected chi connectivity index (χ1v) is 7.24. The van der Waals surface area contributed by atoms with Crippen LogP contribution in [0.1, 0.15) is 26.3 Å². The number of aromatic nitrogens is 2. The number of amides is 1. The third kappa shape index (κ3) is 3.78. The van der Waals surface area contributed by atoms with E-state index in [1.54, 1.807) is 36.2 Å². The van der Waals surface area contributed by atoms with E-state index in [0.717, 1.165) is 6.42 Å². The Hall–Kier alpha value is -2.50. The van der Waals surface area contributed by atoms with Gasteiger partial charge >= 0.3 is 0 Å². The number of rotatable bonds is 7. The zero-order valence-corrected chi connectivity index (χ0v) is 13.1. The van der Waals surface area contributed by atoms with E-state index >= 15 is 0 Å². The second-order valence-corrected chi connectivity index (χ2v) is 4.91. The van der Waals surface area contributed by atoms with Crippen molar-refractivity contribution in [3.8, 4) is 11.5 Å². The second-order valence-electron chi connectivity index (χ2n) is 4.91. The van der Waals surface area contributed by atoms with Crippen molar-refractivity contribution in [3.63, 3.8) is 0 Å². The molecule has 22 heavy (non-hydrogen) atoms. The van der Waals surface area contributed by atoms with Gasteiger partial charge in [-0.15, -0.1) is 0 Å². The van der Waals surface area contributed by atoms with Gasteiger partial charge in [0, 0.05) is 6.07 Å². The molecule has 118 valence electrons. The molecule has 0 aliphatic carbocycles. The molecule has 6 nitrogen and oxygen atoms in total. The van der Waals surface area contributed by atoms with E-state index in [2.05, 4.69) is 17.3 Å². The number of carbonyl (C=O) groups excluding carboxylic acids is 1. The number of nitrogens with one attached hydrogen (secondary N) is 1. The Balaban J connectivity index is 1.95. The molecule has 0 aliphatic rings. The number of para-hydroxylation sites is 2. The number of ether oxygens (including phenoxy) is 2. The number of anilines is 1. The number of benzene rings is 1. The lowest BCUT2D eigenvalue weighted by Crippen LogP contribution is -2.23. The Labute approximate surface area is 130 Å². The van der Waals surface area contributed by atoms with Crippen LogP contribution in [0.15, 0.2) is 36.5 Å². The van der Waals surface area contributed by atoms with Gasteiger partial charge in [-0.1, -0.05) is 19.1 Å². The predicted molar refractivity (Wildman–Crippen MR) is 84.3 cm³/mol. The van der Waals surface area contributed by atoms with Crippen molar-refractivity contribution in [2.24, 2.45) is 0 Å². The molecular weight excluding hydrogens is 282 g/mol. The summed E-state index contributed by atoms with van der Waals surface area (Å²) in [4.78, 5) is 12.0. The van der Waals surface area contributed by atoms with Crippen molar-refractivity contribution in [1.29, 1.82) is 0 Å². The van der Waals surface area contributed by atoms with Crippen LogP contribution in [0, 0.1) is 0 Å². The lowest BCUT2D eigenvalue weighted by Gasteiger charge is -2.14. The van der Waals surface area contributed by atoms with Crippen LogP contribution in [0.2, 0.25) is 0 Å². The summed E-state index contributed by atoms with van der Waals surface area (Å²) in [5.41, 5.74) is 0. The van der Waals surface area contributed by atoms with Gasteiger partial charge in [-0.3, -0.25) is 4.79 Å². The van der Waals surface area contributed by atoms with Crippen LogP contribution in [-0.2, 0) is 4.79 Å². The van der Waals surface area contributed by atoms with Crippen LogP contribution >= 0.6 is 0 Å². The smallest absolute Gasteiger partial charge is 0.263 e. The molecule has 1 aromatic carbocycles. The Morgan fingerprint density at radius 1 is 1.32 bits per heavy atom. The largest absolute Gasteiger partial charge is 0.493 e. The van der Waals surface area contributed by atoms with Gasteiger partial charge in [0.2, 0.25) is 0 Å². The first-order valence-electron chi connectivity index (χ1n) is 7.24. The zero-order chi connectivity index (χ0) is 15.9. The standard InChI is InChI=1S/C16H21N3O3/c1-4-12(2)19-15(9-10-17-19)18-16(20)11-22-14-8-6-5-7-13(14)21-3/h5-10,12H,4,11H2,1-3H3,(H,18,20)/t12-/m0/s1. The summed E-state index contributed by atoms with van der Waals surface area (Å²) in [6, 6.07) is 9.21. The maximum absolute atomic E-state index is 12.0. The van der Waals surface area contributed by atoms with Gasteiger partial charge in [0.1, 0.15) is 5.82 Å². The van der Waals surface area contributed by atoms with E-state index < -0.39 is 0 Å². The minimum atomic E-state index is -0.240. The predicted octanol–water partition coefficient (Wildman–Crippen LogP) is 2.88. The molecule has 0 saturated heterocycles. The molecule has 0 fully saturated rings. The molecule has 0 bridgehead atoms. The molecule has 2 aromatic rings. The fourth-order valence-electron chi connectivity index (χ4n) is 2.00. The Morgan fingerprint density at radius 2 is 2.05 bits per heavy atom. The van der Waals surface area contributed by atoms with E-state index in [1.807, 2.05) is 19.1 Å². The SMILES string of the molecule is CC[C@H](C)n1nccc1NC(=O)COc1ccccc1OC. The molecule has 0 radical (unpaired) electrons. The van der Waals surface area contributed by atoms with Crippen molar-refractivity contribution in [2.75, 3.05) is 19.0 Å². The van der Waals surface area contributed by atoms with Crippen molar-refractivity contribution in [3.05, 3.63) is 36.5 Å². The van der Waals surface area contributed by atoms with Crippen LogP contribution in [0.4, 0.5) is 5.82 Å². The highest BCUT2D eigenvalue weighted by Gasteiger charge is 2.12. The summed E-state index contributed by atoms with van der Waals surface area (Å²) in [5, 5.41) is 7.04. The summed E-state index contributed by atoms with van der Waals surface area (Å²) >= 11 is 0. The van der Waals surface area contributed by atoms with Gasteiger partial charge in [-0.05, 0) is 25.5 Å². The van der Waals surface area contributed by atoms with Gasteiger partial charge in [0.05, 0.1) is 19.3 Å². The van der Waals surface area contributed by atoms with E-state index in [1.165, 1.54) is 0 Å². The Morgan fingerprint density at radius 3 is 2.73 bits per heavy atom. The molecule has 1 heterocycles. The van der Waals surface area contributed by atoms with Gasteiger partial charge in [0.15, 0.2) is 18.1 Å². The fourth-order valence-corrected chi connectivity index (χ4v) is 2.00. The molecule has 6 heteroatoms. The number of hydrogen-bond donors (Lipinski definition) is 1. The van der Waals surface area contributed by atoms with E-state index in [0.29, 0.717) is 17.3 Å². The van der Waals surface area contributed by atoms with Crippen molar-refractivity contribution >= 4 is 11.7 Å². The molecule has 2 rings (SSSR count). The highest BCUT2D eigenvalue weighted by atomic mass is 16.5. The van der Waals surface area contributed by atoms with Crippen LogP contribution in [0.3, 0.4) is 0 Å². The van der Waals surface area contributed by atoms with Crippen LogP contribution < -0.4 is 14.8 Å². The van der Waals surface area contributed by atoms with Gasteiger partial charge in [-0.2, -0.15) is 5.10 Å². The molecule has 0 unspecified atom stereocenters. The highest BCUT2D eigenvalue weighted by molar-refractivity contribution is 5.91. The van der Waals surface area contributed by atoms with E-state index in [9.17, 15) is 4.79 Å². The lowest BCUT2D eigenvalue weighted by molar-refractivity contribution is -0.118. The molecule has 1 aromatic heterocycles. The molecule has 0 spiro atoms. The number of carbonyl (C=O) groups is 1. The fraction of sp³-hybridized carbons (Fsp3) is 0.375. The number of hydrogen-bond acceptors (Lipinski definition) is 4. The number of methoxy groups -OCH3 is 1. The lowest BCUT2D eigenvalue weighted by atomic mass is 10.3. The average molecular weight is 303 g/mol. The molecule has 1 amide bonds. The normalized spacial score (nSPS) is 11.8. The maximum Gasteiger partial charge on any atom is 0.263 e. The minimum Gasteiger partial charge on any atom is -0.493 e. The molecular formula is C16H21N3O3. The summed E-state index contributed by atoms with van der Waals surface area (Å²) < 4.78 is 12.5. The second kappa shape index (κ2) is 7.49. The zero-order valence-electron chi connectivity index (χ0n) is 13.1. The molecule has 1 N–H and O–H groups in total. The molecule has 0 saturated carbocycles. The monoisotopic (exact) mass is 303 g/mol. The van der Waals surface area contributed by atoms with E-state index in [-0.39, 0.29) is 18.6 Å². The van der Waals surface area contributed by atoms with Crippen LogP contribution in [-0.4, -0.2) is 29.4 Å². The van der Waals surface area contributed by atoms with Crippen molar-refractivity contribution in [1.82, 2.24) is 9.78 Å². The Kier molecular flexibility index (Phi) is 5.41. The third-order valence-electron chi connectivity index (χ3n) is 3.37. The van der Waals surface area contributed by atoms with Gasteiger partial charge in [0.25, 0.3) is 5.91 Å². The van der Waals surface area contributed by atoms with Crippen LogP contribution in [0.25, 0.3) is 0 Å². The summed E-state index contributed by atoms with van der Waals surface area (Å²) in [6.45, 7) is 4.03. The first kappa shape index (κ1) is 15.9.